The van der Waals surface area contributed by atoms with Crippen LogP contribution in [0.4, 0.5) is 0 Å². The molecule has 0 aromatic heterocycles. The first kappa shape index (κ1) is 12.4. The Morgan fingerprint density at radius 2 is 1.57 bits per heavy atom. The fraction of sp³-hybridized carbons (Fsp3) is 0.400. The molecule has 0 saturated heterocycles. The summed E-state index contributed by atoms with van der Waals surface area (Å²) < 4.78 is 0. The van der Waals surface area contributed by atoms with Gasteiger partial charge in [0.05, 0.1) is 6.42 Å². The summed E-state index contributed by atoms with van der Waals surface area (Å²) in [6.07, 6.45) is 8.24. The molecule has 0 atom stereocenters. The molecular formula is C10H14O4. The SMILES string of the molecule is O=C(O)C/C=C\C/C=C\CCC(=O)O. The van der Waals surface area contributed by atoms with Gasteiger partial charge in [-0.2, -0.15) is 0 Å². The third kappa shape index (κ3) is 10.4. The highest BCUT2D eigenvalue weighted by atomic mass is 16.4. The van der Waals surface area contributed by atoms with Gasteiger partial charge in [0.2, 0.25) is 0 Å². The second kappa shape index (κ2) is 8.04. The molecule has 0 heterocycles. The van der Waals surface area contributed by atoms with Crippen molar-refractivity contribution in [2.45, 2.75) is 25.7 Å². The number of carboxylic acids is 2. The maximum Gasteiger partial charge on any atom is 0.307 e. The Labute approximate surface area is 82.6 Å². The summed E-state index contributed by atoms with van der Waals surface area (Å²) in [5.41, 5.74) is 0. The first-order valence-electron chi connectivity index (χ1n) is 4.36. The van der Waals surface area contributed by atoms with E-state index in [0.29, 0.717) is 12.8 Å². The molecule has 0 bridgehead atoms. The van der Waals surface area contributed by atoms with E-state index in [9.17, 15) is 9.59 Å². The first-order chi connectivity index (χ1) is 6.63. The van der Waals surface area contributed by atoms with Crippen LogP contribution in [0, 0.1) is 0 Å². The van der Waals surface area contributed by atoms with Crippen LogP contribution in [0.1, 0.15) is 25.7 Å². The van der Waals surface area contributed by atoms with Crippen molar-refractivity contribution < 1.29 is 19.8 Å². The van der Waals surface area contributed by atoms with E-state index in [0.717, 1.165) is 0 Å². The van der Waals surface area contributed by atoms with Crippen LogP contribution in [0.3, 0.4) is 0 Å². The van der Waals surface area contributed by atoms with Crippen LogP contribution in [0.5, 0.6) is 0 Å². The van der Waals surface area contributed by atoms with Crippen molar-refractivity contribution in [3.05, 3.63) is 24.3 Å². The van der Waals surface area contributed by atoms with Gasteiger partial charge in [-0.05, 0) is 12.8 Å². The van der Waals surface area contributed by atoms with Gasteiger partial charge in [-0.1, -0.05) is 24.3 Å². The third-order valence-electron chi connectivity index (χ3n) is 1.42. The molecule has 0 aromatic carbocycles. The molecule has 0 aliphatic heterocycles. The van der Waals surface area contributed by atoms with E-state index in [2.05, 4.69) is 0 Å². The molecular weight excluding hydrogens is 184 g/mol. The van der Waals surface area contributed by atoms with Crippen LogP contribution in [0.2, 0.25) is 0 Å². The van der Waals surface area contributed by atoms with Crippen molar-refractivity contribution in [3.63, 3.8) is 0 Å². The van der Waals surface area contributed by atoms with Gasteiger partial charge in [-0.15, -0.1) is 0 Å². The topological polar surface area (TPSA) is 74.6 Å². The number of hydrogen-bond donors (Lipinski definition) is 2. The van der Waals surface area contributed by atoms with Gasteiger partial charge >= 0.3 is 11.9 Å². The number of hydrogen-bond acceptors (Lipinski definition) is 2. The van der Waals surface area contributed by atoms with Gasteiger partial charge in [-0.25, -0.2) is 0 Å². The first-order valence-corrected chi connectivity index (χ1v) is 4.36. The van der Waals surface area contributed by atoms with E-state index in [1.54, 1.807) is 18.2 Å². The minimum Gasteiger partial charge on any atom is -0.481 e. The molecule has 0 saturated carbocycles. The highest BCUT2D eigenvalue weighted by Gasteiger charge is 1.91. The second-order valence-corrected chi connectivity index (χ2v) is 2.71. The van der Waals surface area contributed by atoms with Crippen molar-refractivity contribution in [3.8, 4) is 0 Å². The standard InChI is InChI=1S/C10H14O4/c11-9(12)7-5-3-1-2-4-6-8-10(13)14/h1,3-4,6H,2,5,7-8H2,(H,11,12)(H,13,14)/b3-1-,6-4-. The van der Waals surface area contributed by atoms with Gasteiger partial charge in [-0.3, -0.25) is 9.59 Å². The predicted octanol–water partition coefficient (Wildman–Crippen LogP) is 1.83. The van der Waals surface area contributed by atoms with Crippen LogP contribution in [0.15, 0.2) is 24.3 Å². The summed E-state index contributed by atoms with van der Waals surface area (Å²) in [5, 5.41) is 16.6. The maximum absolute atomic E-state index is 10.1. The molecule has 0 aliphatic rings. The van der Waals surface area contributed by atoms with E-state index < -0.39 is 11.9 Å². The van der Waals surface area contributed by atoms with Crippen molar-refractivity contribution in [1.82, 2.24) is 0 Å². The van der Waals surface area contributed by atoms with Gasteiger partial charge in [0.15, 0.2) is 0 Å². The quantitative estimate of drug-likeness (QED) is 0.612. The van der Waals surface area contributed by atoms with Gasteiger partial charge < -0.3 is 10.2 Å². The van der Waals surface area contributed by atoms with Crippen molar-refractivity contribution in [1.29, 1.82) is 0 Å². The van der Waals surface area contributed by atoms with Crippen LogP contribution in [-0.2, 0) is 9.59 Å². The molecule has 0 spiro atoms. The number of rotatable bonds is 7. The lowest BCUT2D eigenvalue weighted by Gasteiger charge is -1.86. The highest BCUT2D eigenvalue weighted by Crippen LogP contribution is 1.94. The minimum absolute atomic E-state index is 0.0307. The second-order valence-electron chi connectivity index (χ2n) is 2.71. The summed E-state index contributed by atoms with van der Waals surface area (Å²) in [6.45, 7) is 0. The van der Waals surface area contributed by atoms with E-state index in [1.807, 2.05) is 6.08 Å². The average Bonchev–Trinajstić information content (AvgIpc) is 2.08. The lowest BCUT2D eigenvalue weighted by atomic mass is 10.2. The molecule has 0 fully saturated rings. The Bertz CT molecular complexity index is 241. The average molecular weight is 198 g/mol. The lowest BCUT2D eigenvalue weighted by Crippen LogP contribution is -1.91. The lowest BCUT2D eigenvalue weighted by molar-refractivity contribution is -0.137. The van der Waals surface area contributed by atoms with Crippen LogP contribution in [0.25, 0.3) is 0 Å². The summed E-state index contributed by atoms with van der Waals surface area (Å²) in [7, 11) is 0. The Morgan fingerprint density at radius 1 is 0.929 bits per heavy atom. The van der Waals surface area contributed by atoms with Gasteiger partial charge in [0.1, 0.15) is 0 Å². The minimum atomic E-state index is -0.851. The Balaban J connectivity index is 3.39. The van der Waals surface area contributed by atoms with E-state index >= 15 is 0 Å². The number of carboxylic acid groups (broad SMARTS) is 2. The van der Waals surface area contributed by atoms with Crippen LogP contribution < -0.4 is 0 Å². The summed E-state index contributed by atoms with van der Waals surface area (Å²) in [5.74, 6) is -1.66. The molecule has 0 rings (SSSR count). The zero-order valence-electron chi connectivity index (χ0n) is 7.85. The largest absolute Gasteiger partial charge is 0.481 e. The van der Waals surface area contributed by atoms with E-state index in [1.165, 1.54) is 0 Å². The fourth-order valence-corrected chi connectivity index (χ4v) is 0.780. The Kier molecular flexibility index (Phi) is 7.13. The molecule has 2 N–H and O–H groups in total. The summed E-state index contributed by atoms with van der Waals surface area (Å²) >= 11 is 0. The highest BCUT2D eigenvalue weighted by molar-refractivity contribution is 5.68. The van der Waals surface area contributed by atoms with Gasteiger partial charge in [0.25, 0.3) is 0 Å². The number of aliphatic carboxylic acids is 2. The molecule has 4 heteroatoms. The summed E-state index contributed by atoms with van der Waals surface area (Å²) in [6, 6.07) is 0. The molecule has 4 nitrogen and oxygen atoms in total. The molecule has 0 aliphatic carbocycles. The molecule has 78 valence electrons. The number of carbonyl (C=O) groups is 2. The molecule has 0 aromatic rings. The normalized spacial score (nSPS) is 11.1. The fourth-order valence-electron chi connectivity index (χ4n) is 0.780. The van der Waals surface area contributed by atoms with Crippen LogP contribution >= 0.6 is 0 Å². The van der Waals surface area contributed by atoms with E-state index in [4.69, 9.17) is 10.2 Å². The Morgan fingerprint density at radius 3 is 2.14 bits per heavy atom. The van der Waals surface area contributed by atoms with Crippen molar-refractivity contribution in [2.24, 2.45) is 0 Å². The predicted molar refractivity (Wildman–Crippen MR) is 52.0 cm³/mol. The molecule has 0 amide bonds. The molecule has 14 heavy (non-hydrogen) atoms. The van der Waals surface area contributed by atoms with Crippen molar-refractivity contribution >= 4 is 11.9 Å². The molecule has 0 unspecified atom stereocenters. The van der Waals surface area contributed by atoms with Crippen molar-refractivity contribution in [2.75, 3.05) is 0 Å². The monoisotopic (exact) mass is 198 g/mol. The smallest absolute Gasteiger partial charge is 0.307 e. The van der Waals surface area contributed by atoms with Crippen LogP contribution in [-0.4, -0.2) is 22.2 Å². The molecule has 0 radical (unpaired) electrons. The van der Waals surface area contributed by atoms with E-state index in [-0.39, 0.29) is 12.8 Å². The number of allylic oxidation sites excluding steroid dienone is 3. The third-order valence-corrected chi connectivity index (χ3v) is 1.42. The summed E-state index contributed by atoms with van der Waals surface area (Å²) in [4.78, 5) is 20.2. The zero-order valence-corrected chi connectivity index (χ0v) is 7.85. The zero-order chi connectivity index (χ0) is 10.8. The maximum atomic E-state index is 10.1. The van der Waals surface area contributed by atoms with Gasteiger partial charge in [0, 0.05) is 6.42 Å². The Hall–Kier alpha value is -1.58.